The van der Waals surface area contributed by atoms with Gasteiger partial charge in [0.1, 0.15) is 0 Å². The molecule has 1 rings (SSSR count). The lowest BCUT2D eigenvalue weighted by atomic mass is 9.84. The first kappa shape index (κ1) is 11.5. The number of nitrogens with two attached hydrogens (primary N) is 1. The average Bonchev–Trinajstić information content (AvgIpc) is 2.18. The van der Waals surface area contributed by atoms with E-state index in [2.05, 4.69) is 12.2 Å². The molecule has 0 heterocycles. The lowest BCUT2D eigenvalue weighted by molar-refractivity contribution is -0.117. The molecule has 1 saturated carbocycles. The van der Waals surface area contributed by atoms with E-state index in [-0.39, 0.29) is 5.91 Å². The van der Waals surface area contributed by atoms with Crippen LogP contribution in [0.1, 0.15) is 45.4 Å². The van der Waals surface area contributed by atoms with Gasteiger partial charge in [-0.15, -0.1) is 0 Å². The predicted octanol–water partition coefficient (Wildman–Crippen LogP) is 1.42. The third kappa shape index (κ3) is 4.09. The van der Waals surface area contributed by atoms with E-state index in [1.807, 2.05) is 0 Å². The van der Waals surface area contributed by atoms with Crippen LogP contribution in [0, 0.1) is 5.92 Å². The van der Waals surface area contributed by atoms with Gasteiger partial charge in [-0.25, -0.2) is 0 Å². The van der Waals surface area contributed by atoms with Crippen molar-refractivity contribution in [1.82, 2.24) is 5.32 Å². The number of hydrogen-bond donors (Lipinski definition) is 2. The molecule has 0 radical (unpaired) electrons. The van der Waals surface area contributed by atoms with E-state index < -0.39 is 0 Å². The summed E-state index contributed by atoms with van der Waals surface area (Å²) in [7, 11) is 0. The van der Waals surface area contributed by atoms with Crippen LogP contribution >= 0.6 is 0 Å². The average molecular weight is 198 g/mol. The maximum Gasteiger partial charge on any atom is 0.218 e. The third-order valence-electron chi connectivity index (χ3n) is 3.19. The minimum Gasteiger partial charge on any atom is -0.370 e. The molecule has 1 aliphatic carbocycles. The molecule has 0 aromatic rings. The first-order valence-corrected chi connectivity index (χ1v) is 5.72. The van der Waals surface area contributed by atoms with Gasteiger partial charge in [0, 0.05) is 19.0 Å². The van der Waals surface area contributed by atoms with Crippen molar-refractivity contribution in [1.29, 1.82) is 0 Å². The van der Waals surface area contributed by atoms with Gasteiger partial charge in [0.05, 0.1) is 0 Å². The Morgan fingerprint density at radius 1 is 1.43 bits per heavy atom. The third-order valence-corrected chi connectivity index (χ3v) is 3.19. The van der Waals surface area contributed by atoms with Crippen molar-refractivity contribution in [3.05, 3.63) is 0 Å². The van der Waals surface area contributed by atoms with Crippen LogP contribution in [0.4, 0.5) is 0 Å². The van der Waals surface area contributed by atoms with Crippen molar-refractivity contribution >= 4 is 5.91 Å². The van der Waals surface area contributed by atoms with Gasteiger partial charge in [-0.1, -0.05) is 19.3 Å². The normalized spacial score (nSPS) is 20.6. The molecular formula is C11H22N2O. The molecule has 1 atom stereocenters. The van der Waals surface area contributed by atoms with Gasteiger partial charge in [-0.05, 0) is 25.7 Å². The van der Waals surface area contributed by atoms with Crippen LogP contribution in [-0.4, -0.2) is 18.5 Å². The SMILES string of the molecule is C[C@@H](NCCC(N)=O)C1CCCCC1. The van der Waals surface area contributed by atoms with Crippen molar-refractivity contribution < 1.29 is 4.79 Å². The largest absolute Gasteiger partial charge is 0.370 e. The Kier molecular flexibility index (Phi) is 4.94. The summed E-state index contributed by atoms with van der Waals surface area (Å²) in [4.78, 5) is 10.5. The fourth-order valence-electron chi connectivity index (χ4n) is 2.22. The lowest BCUT2D eigenvalue weighted by Crippen LogP contribution is -2.36. The maximum absolute atomic E-state index is 10.5. The van der Waals surface area contributed by atoms with Gasteiger partial charge < -0.3 is 11.1 Å². The van der Waals surface area contributed by atoms with Crippen LogP contribution in [0.3, 0.4) is 0 Å². The fourth-order valence-corrected chi connectivity index (χ4v) is 2.22. The minimum atomic E-state index is -0.214. The Hall–Kier alpha value is -0.570. The molecule has 1 aliphatic rings. The van der Waals surface area contributed by atoms with E-state index in [9.17, 15) is 4.79 Å². The monoisotopic (exact) mass is 198 g/mol. The van der Waals surface area contributed by atoms with Crippen LogP contribution in [0.25, 0.3) is 0 Å². The summed E-state index contributed by atoms with van der Waals surface area (Å²) in [5, 5.41) is 3.38. The maximum atomic E-state index is 10.5. The first-order chi connectivity index (χ1) is 6.70. The molecule has 0 unspecified atom stereocenters. The topological polar surface area (TPSA) is 55.1 Å². The molecule has 3 N–H and O–H groups in total. The quantitative estimate of drug-likeness (QED) is 0.702. The summed E-state index contributed by atoms with van der Waals surface area (Å²) in [5.41, 5.74) is 5.08. The Bertz CT molecular complexity index is 176. The molecule has 0 saturated heterocycles. The Morgan fingerprint density at radius 3 is 2.64 bits per heavy atom. The summed E-state index contributed by atoms with van der Waals surface area (Å²) in [5.74, 6) is 0.588. The molecule has 82 valence electrons. The van der Waals surface area contributed by atoms with Gasteiger partial charge in [0.25, 0.3) is 0 Å². The molecule has 3 heteroatoms. The zero-order chi connectivity index (χ0) is 10.4. The van der Waals surface area contributed by atoms with Gasteiger partial charge >= 0.3 is 0 Å². The Labute approximate surface area is 86.4 Å². The molecule has 1 fully saturated rings. The van der Waals surface area contributed by atoms with Gasteiger partial charge in [0.15, 0.2) is 0 Å². The van der Waals surface area contributed by atoms with Crippen LogP contribution in [-0.2, 0) is 4.79 Å². The highest BCUT2D eigenvalue weighted by atomic mass is 16.1. The minimum absolute atomic E-state index is 0.214. The highest BCUT2D eigenvalue weighted by Crippen LogP contribution is 2.26. The highest BCUT2D eigenvalue weighted by Gasteiger charge is 2.19. The smallest absolute Gasteiger partial charge is 0.218 e. The summed E-state index contributed by atoms with van der Waals surface area (Å²) < 4.78 is 0. The van der Waals surface area contributed by atoms with E-state index in [0.717, 1.165) is 12.5 Å². The number of carbonyl (C=O) groups excluding carboxylic acids is 1. The summed E-state index contributed by atoms with van der Waals surface area (Å²) in [6.07, 6.45) is 7.26. The molecular weight excluding hydrogens is 176 g/mol. The predicted molar refractivity (Wildman–Crippen MR) is 57.9 cm³/mol. The van der Waals surface area contributed by atoms with Crippen molar-refractivity contribution in [3.8, 4) is 0 Å². The molecule has 0 spiro atoms. The summed E-state index contributed by atoms with van der Waals surface area (Å²) >= 11 is 0. The first-order valence-electron chi connectivity index (χ1n) is 5.72. The molecule has 0 bridgehead atoms. The molecule has 1 amide bonds. The number of hydrogen-bond acceptors (Lipinski definition) is 2. The van der Waals surface area contributed by atoms with Gasteiger partial charge in [-0.2, -0.15) is 0 Å². The van der Waals surface area contributed by atoms with Crippen LogP contribution in [0.5, 0.6) is 0 Å². The number of nitrogens with one attached hydrogen (secondary N) is 1. The lowest BCUT2D eigenvalue weighted by Gasteiger charge is -2.28. The van der Waals surface area contributed by atoms with Crippen molar-refractivity contribution in [3.63, 3.8) is 0 Å². The molecule has 3 nitrogen and oxygen atoms in total. The van der Waals surface area contributed by atoms with Gasteiger partial charge in [0.2, 0.25) is 5.91 Å². The number of primary amides is 1. The van der Waals surface area contributed by atoms with Crippen LogP contribution in [0.2, 0.25) is 0 Å². The van der Waals surface area contributed by atoms with Crippen LogP contribution < -0.4 is 11.1 Å². The van der Waals surface area contributed by atoms with Gasteiger partial charge in [-0.3, -0.25) is 4.79 Å². The van der Waals surface area contributed by atoms with E-state index in [0.29, 0.717) is 12.5 Å². The summed E-state index contributed by atoms with van der Waals surface area (Å²) in [6.45, 7) is 2.95. The number of amides is 1. The number of rotatable bonds is 5. The van der Waals surface area contributed by atoms with E-state index in [1.54, 1.807) is 0 Å². The zero-order valence-corrected chi connectivity index (χ0v) is 9.09. The second-order valence-corrected chi connectivity index (χ2v) is 4.36. The van der Waals surface area contributed by atoms with Crippen molar-refractivity contribution in [2.45, 2.75) is 51.5 Å². The molecule has 14 heavy (non-hydrogen) atoms. The standard InChI is InChI=1S/C11H22N2O/c1-9(13-8-7-11(12)14)10-5-3-2-4-6-10/h9-10,13H,2-8H2,1H3,(H2,12,14)/t9-/m1/s1. The summed E-state index contributed by atoms with van der Waals surface area (Å²) in [6, 6.07) is 0.537. The second-order valence-electron chi connectivity index (χ2n) is 4.36. The number of carbonyl (C=O) groups is 1. The fraction of sp³-hybridized carbons (Fsp3) is 0.909. The van der Waals surface area contributed by atoms with Crippen molar-refractivity contribution in [2.75, 3.05) is 6.54 Å². The molecule has 0 aliphatic heterocycles. The second kappa shape index (κ2) is 6.02. The van der Waals surface area contributed by atoms with E-state index in [1.165, 1.54) is 32.1 Å². The Morgan fingerprint density at radius 2 is 2.07 bits per heavy atom. The molecule has 0 aromatic heterocycles. The van der Waals surface area contributed by atoms with Crippen molar-refractivity contribution in [2.24, 2.45) is 11.7 Å². The zero-order valence-electron chi connectivity index (χ0n) is 9.09. The Balaban J connectivity index is 2.13. The van der Waals surface area contributed by atoms with Crippen LogP contribution in [0.15, 0.2) is 0 Å². The van der Waals surface area contributed by atoms with E-state index >= 15 is 0 Å². The van der Waals surface area contributed by atoms with E-state index in [4.69, 9.17) is 5.73 Å². The highest BCUT2D eigenvalue weighted by molar-refractivity contribution is 5.73. The molecule has 0 aromatic carbocycles.